The van der Waals surface area contributed by atoms with Gasteiger partial charge in [0.25, 0.3) is 0 Å². The lowest BCUT2D eigenvalue weighted by atomic mass is 9.82. The zero-order valence-corrected chi connectivity index (χ0v) is 21.5. The normalized spacial score (nSPS) is 18.1. The van der Waals surface area contributed by atoms with E-state index in [1.54, 1.807) is 14.2 Å². The second-order valence-electron chi connectivity index (χ2n) is 9.34. The zero-order valence-electron chi connectivity index (χ0n) is 20.5. The van der Waals surface area contributed by atoms with Gasteiger partial charge >= 0.3 is 8.80 Å². The van der Waals surface area contributed by atoms with E-state index in [0.717, 1.165) is 37.1 Å². The highest BCUT2D eigenvalue weighted by molar-refractivity contribution is 6.60. The molecule has 0 amide bonds. The summed E-state index contributed by atoms with van der Waals surface area (Å²) in [5.41, 5.74) is 0. The van der Waals surface area contributed by atoms with Gasteiger partial charge in [0.05, 0.1) is 0 Å². The van der Waals surface area contributed by atoms with Gasteiger partial charge in [-0.25, -0.2) is 0 Å². The Morgan fingerprint density at radius 1 is 0.793 bits per heavy atom. The zero-order chi connectivity index (χ0) is 21.4. The summed E-state index contributed by atoms with van der Waals surface area (Å²) >= 11 is 0. The smallest absolute Gasteiger partial charge is 0.377 e. The molecule has 2 atom stereocenters. The van der Waals surface area contributed by atoms with Crippen molar-refractivity contribution in [3.8, 4) is 0 Å². The Kier molecular flexibility index (Phi) is 15.7. The quantitative estimate of drug-likeness (QED) is 0.163. The fourth-order valence-electron chi connectivity index (χ4n) is 4.95. The van der Waals surface area contributed by atoms with Gasteiger partial charge in [-0.3, -0.25) is 0 Å². The molecule has 3 nitrogen and oxygen atoms in total. The van der Waals surface area contributed by atoms with Crippen LogP contribution in [0.1, 0.15) is 124 Å². The molecular weight excluding hydrogens is 376 g/mol. The van der Waals surface area contributed by atoms with Crippen molar-refractivity contribution in [2.45, 2.75) is 136 Å². The molecule has 0 aliphatic heterocycles. The van der Waals surface area contributed by atoms with Crippen LogP contribution in [0.5, 0.6) is 0 Å². The molecule has 4 heteroatoms. The molecule has 0 saturated heterocycles. The fourth-order valence-corrected chi connectivity index (χ4v) is 7.31. The van der Waals surface area contributed by atoms with E-state index in [9.17, 15) is 0 Å². The Bertz CT molecular complexity index is 367. The molecule has 0 aromatic rings. The minimum absolute atomic E-state index is 0.281. The monoisotopic (exact) mass is 428 g/mol. The molecular formula is C25H52O3Si. The summed E-state index contributed by atoms with van der Waals surface area (Å²) < 4.78 is 18.2. The van der Waals surface area contributed by atoms with Crippen LogP contribution in [0, 0.1) is 11.8 Å². The standard InChI is InChI=1S/C25H52O3Si/c1-6-9-10-14-22-29(26-4,27-5)28-25(8-3)19-15-18-23(7-2)20-21-24-16-12-11-13-17-24/h23-25H,6-22H2,1-5H3. The van der Waals surface area contributed by atoms with E-state index < -0.39 is 8.80 Å². The number of hydrogen-bond donors (Lipinski definition) is 0. The highest BCUT2D eigenvalue weighted by Crippen LogP contribution is 2.31. The lowest BCUT2D eigenvalue weighted by molar-refractivity contribution is 0.0470. The second kappa shape index (κ2) is 16.7. The Balaban J connectivity index is 2.36. The third-order valence-electron chi connectivity index (χ3n) is 7.18. The van der Waals surface area contributed by atoms with Gasteiger partial charge in [0.15, 0.2) is 0 Å². The number of hydrogen-bond acceptors (Lipinski definition) is 3. The first-order valence-electron chi connectivity index (χ1n) is 12.9. The van der Waals surface area contributed by atoms with Crippen LogP contribution in [-0.4, -0.2) is 29.1 Å². The van der Waals surface area contributed by atoms with E-state index in [0.29, 0.717) is 0 Å². The largest absolute Gasteiger partial charge is 0.500 e. The van der Waals surface area contributed by atoms with Gasteiger partial charge in [-0.05, 0) is 31.1 Å². The minimum atomic E-state index is -2.50. The van der Waals surface area contributed by atoms with Crippen LogP contribution in [0.25, 0.3) is 0 Å². The lowest BCUT2D eigenvalue weighted by Crippen LogP contribution is -2.46. The van der Waals surface area contributed by atoms with Crippen LogP contribution < -0.4 is 0 Å². The molecule has 0 heterocycles. The van der Waals surface area contributed by atoms with Crippen LogP contribution in [0.15, 0.2) is 0 Å². The molecule has 1 aliphatic rings. The second-order valence-corrected chi connectivity index (χ2v) is 12.3. The summed E-state index contributed by atoms with van der Waals surface area (Å²) in [7, 11) is 1.06. The molecule has 1 fully saturated rings. The van der Waals surface area contributed by atoms with Crippen molar-refractivity contribution in [3.05, 3.63) is 0 Å². The molecule has 0 N–H and O–H groups in total. The molecule has 0 aromatic carbocycles. The maximum Gasteiger partial charge on any atom is 0.500 e. The predicted octanol–water partition coefficient (Wildman–Crippen LogP) is 8.15. The van der Waals surface area contributed by atoms with Crippen molar-refractivity contribution in [1.29, 1.82) is 0 Å². The van der Waals surface area contributed by atoms with Crippen LogP contribution in [-0.2, 0) is 13.3 Å². The maximum absolute atomic E-state index is 6.53. The van der Waals surface area contributed by atoms with Crippen LogP contribution in [0.3, 0.4) is 0 Å². The average Bonchev–Trinajstić information content (AvgIpc) is 2.77. The summed E-state index contributed by atoms with van der Waals surface area (Å²) in [4.78, 5) is 0. The number of unbranched alkanes of at least 4 members (excludes halogenated alkanes) is 3. The fraction of sp³-hybridized carbons (Fsp3) is 1.00. The van der Waals surface area contributed by atoms with E-state index in [1.807, 2.05) is 0 Å². The van der Waals surface area contributed by atoms with Gasteiger partial charge in [0.1, 0.15) is 0 Å². The van der Waals surface area contributed by atoms with Gasteiger partial charge in [-0.2, -0.15) is 0 Å². The van der Waals surface area contributed by atoms with Crippen molar-refractivity contribution in [2.24, 2.45) is 11.8 Å². The Morgan fingerprint density at radius 2 is 1.52 bits per heavy atom. The summed E-state index contributed by atoms with van der Waals surface area (Å²) in [5.74, 6) is 1.92. The molecule has 0 bridgehead atoms. The van der Waals surface area contributed by atoms with Crippen LogP contribution >= 0.6 is 0 Å². The SMILES string of the molecule is CCCCCC[Si](OC)(OC)OC(CC)CCCC(CC)CCC1CCCCC1. The molecule has 1 saturated carbocycles. The highest BCUT2D eigenvalue weighted by atomic mass is 28.4. The van der Waals surface area contributed by atoms with Gasteiger partial charge in [0, 0.05) is 26.4 Å². The summed E-state index contributed by atoms with van der Waals surface area (Å²) in [6.45, 7) is 6.87. The van der Waals surface area contributed by atoms with E-state index in [4.69, 9.17) is 13.3 Å². The summed E-state index contributed by atoms with van der Waals surface area (Å²) in [5, 5.41) is 0. The maximum atomic E-state index is 6.53. The third kappa shape index (κ3) is 11.3. The van der Waals surface area contributed by atoms with E-state index >= 15 is 0 Å². The molecule has 29 heavy (non-hydrogen) atoms. The van der Waals surface area contributed by atoms with Crippen molar-refractivity contribution < 1.29 is 13.3 Å². The Hall–Kier alpha value is 0.0969. The van der Waals surface area contributed by atoms with Crippen molar-refractivity contribution in [1.82, 2.24) is 0 Å². The molecule has 0 spiro atoms. The van der Waals surface area contributed by atoms with Crippen LogP contribution in [0.2, 0.25) is 6.04 Å². The van der Waals surface area contributed by atoms with E-state index in [2.05, 4.69) is 20.8 Å². The molecule has 2 unspecified atom stereocenters. The summed E-state index contributed by atoms with van der Waals surface area (Å²) in [6, 6.07) is 0.954. The predicted molar refractivity (Wildman–Crippen MR) is 127 cm³/mol. The summed E-state index contributed by atoms with van der Waals surface area (Å²) in [6.07, 6.45) is 21.7. The third-order valence-corrected chi connectivity index (χ3v) is 10.1. The molecule has 174 valence electrons. The minimum Gasteiger partial charge on any atom is -0.377 e. The molecule has 1 aliphatic carbocycles. The van der Waals surface area contributed by atoms with Gasteiger partial charge < -0.3 is 13.3 Å². The first-order valence-corrected chi connectivity index (χ1v) is 14.8. The molecule has 0 radical (unpaired) electrons. The molecule has 1 rings (SSSR count). The first-order chi connectivity index (χ1) is 14.1. The Labute approximate surface area is 184 Å². The van der Waals surface area contributed by atoms with Gasteiger partial charge in [0.2, 0.25) is 0 Å². The van der Waals surface area contributed by atoms with Crippen molar-refractivity contribution in [2.75, 3.05) is 14.2 Å². The lowest BCUT2D eigenvalue weighted by Gasteiger charge is -2.31. The van der Waals surface area contributed by atoms with E-state index in [1.165, 1.54) is 83.5 Å². The van der Waals surface area contributed by atoms with Crippen molar-refractivity contribution >= 4 is 8.80 Å². The average molecular weight is 429 g/mol. The highest BCUT2D eigenvalue weighted by Gasteiger charge is 2.40. The Morgan fingerprint density at radius 3 is 2.10 bits per heavy atom. The van der Waals surface area contributed by atoms with Gasteiger partial charge in [-0.15, -0.1) is 0 Å². The molecule has 0 aromatic heterocycles. The van der Waals surface area contributed by atoms with Crippen LogP contribution in [0.4, 0.5) is 0 Å². The van der Waals surface area contributed by atoms with Gasteiger partial charge in [-0.1, -0.05) is 104 Å². The van der Waals surface area contributed by atoms with Crippen molar-refractivity contribution in [3.63, 3.8) is 0 Å². The van der Waals surface area contributed by atoms with E-state index in [-0.39, 0.29) is 6.10 Å². The topological polar surface area (TPSA) is 27.7 Å². The first kappa shape index (κ1) is 27.1. The number of rotatable bonds is 18.